The zero-order valence-electron chi connectivity index (χ0n) is 17.8. The SMILES string of the molecule is CCOC(=O)c1c(C)[nH]c(CN(Cc2ccccc2)C(=O)CC2CCCC2)c1C. The maximum Gasteiger partial charge on any atom is 0.340 e. The fraction of sp³-hybridized carbons (Fsp3) is 0.500. The van der Waals surface area contributed by atoms with Crippen LogP contribution in [0.1, 0.15) is 71.9 Å². The van der Waals surface area contributed by atoms with E-state index < -0.39 is 0 Å². The number of amides is 1. The Bertz CT molecular complexity index is 835. The normalized spacial score (nSPS) is 14.2. The van der Waals surface area contributed by atoms with E-state index in [2.05, 4.69) is 4.98 Å². The molecule has 0 aliphatic heterocycles. The number of hydrogen-bond acceptors (Lipinski definition) is 3. The maximum absolute atomic E-state index is 13.2. The summed E-state index contributed by atoms with van der Waals surface area (Å²) in [5.41, 5.74) is 4.26. The number of nitrogens with one attached hydrogen (secondary N) is 1. The number of aryl methyl sites for hydroxylation is 1. The summed E-state index contributed by atoms with van der Waals surface area (Å²) < 4.78 is 5.20. The number of carbonyl (C=O) groups is 2. The highest BCUT2D eigenvalue weighted by atomic mass is 16.5. The van der Waals surface area contributed by atoms with E-state index in [4.69, 9.17) is 4.74 Å². The topological polar surface area (TPSA) is 62.4 Å². The summed E-state index contributed by atoms with van der Waals surface area (Å²) in [6.07, 6.45) is 5.37. The fourth-order valence-electron chi connectivity index (χ4n) is 4.30. The van der Waals surface area contributed by atoms with Crippen molar-refractivity contribution in [1.82, 2.24) is 9.88 Å². The number of benzene rings is 1. The molecular weight excluding hydrogens is 364 g/mol. The number of rotatable bonds is 8. The molecule has 1 N–H and O–H groups in total. The van der Waals surface area contributed by atoms with E-state index in [1.807, 2.05) is 49.1 Å². The van der Waals surface area contributed by atoms with E-state index >= 15 is 0 Å². The smallest absolute Gasteiger partial charge is 0.340 e. The number of aromatic amines is 1. The van der Waals surface area contributed by atoms with E-state index in [-0.39, 0.29) is 11.9 Å². The summed E-state index contributed by atoms with van der Waals surface area (Å²) in [6.45, 7) is 6.99. The summed E-state index contributed by atoms with van der Waals surface area (Å²) >= 11 is 0. The molecule has 29 heavy (non-hydrogen) atoms. The number of esters is 1. The number of aromatic nitrogens is 1. The minimum Gasteiger partial charge on any atom is -0.462 e. The molecule has 0 spiro atoms. The standard InChI is InChI=1S/C24H32N2O3/c1-4-29-24(28)23-17(2)21(25-18(23)3)16-26(15-20-12-6-5-7-13-20)22(27)14-19-10-8-9-11-19/h5-7,12-13,19,25H,4,8-11,14-16H2,1-3H3. The van der Waals surface area contributed by atoms with E-state index in [1.165, 1.54) is 12.8 Å². The molecule has 0 atom stereocenters. The Labute approximate surface area is 173 Å². The van der Waals surface area contributed by atoms with Gasteiger partial charge in [0.05, 0.1) is 18.7 Å². The molecule has 1 saturated carbocycles. The maximum atomic E-state index is 13.2. The lowest BCUT2D eigenvalue weighted by atomic mass is 10.0. The predicted molar refractivity (Wildman–Crippen MR) is 113 cm³/mol. The number of ether oxygens (including phenoxy) is 1. The van der Waals surface area contributed by atoms with Crippen LogP contribution in [0.15, 0.2) is 30.3 Å². The highest BCUT2D eigenvalue weighted by molar-refractivity contribution is 5.92. The Hall–Kier alpha value is -2.56. The van der Waals surface area contributed by atoms with Gasteiger partial charge in [-0.3, -0.25) is 4.79 Å². The third-order valence-corrected chi connectivity index (χ3v) is 5.88. The monoisotopic (exact) mass is 396 g/mol. The lowest BCUT2D eigenvalue weighted by Crippen LogP contribution is -2.31. The van der Waals surface area contributed by atoms with E-state index in [0.29, 0.717) is 37.6 Å². The van der Waals surface area contributed by atoms with Gasteiger partial charge in [-0.25, -0.2) is 4.79 Å². The first-order valence-corrected chi connectivity index (χ1v) is 10.7. The Kier molecular flexibility index (Phi) is 7.13. The van der Waals surface area contributed by atoms with Crippen LogP contribution in [0.3, 0.4) is 0 Å². The molecule has 0 unspecified atom stereocenters. The number of H-pyrrole nitrogens is 1. The lowest BCUT2D eigenvalue weighted by molar-refractivity contribution is -0.133. The summed E-state index contributed by atoms with van der Waals surface area (Å²) in [5, 5.41) is 0. The lowest BCUT2D eigenvalue weighted by Gasteiger charge is -2.24. The average Bonchev–Trinajstić information content (AvgIpc) is 3.30. The molecule has 1 aliphatic rings. The van der Waals surface area contributed by atoms with Crippen molar-refractivity contribution in [2.75, 3.05) is 6.61 Å². The molecule has 3 rings (SSSR count). The molecule has 2 aromatic rings. The number of hydrogen-bond donors (Lipinski definition) is 1. The second-order valence-corrected chi connectivity index (χ2v) is 8.04. The van der Waals surface area contributed by atoms with Crippen LogP contribution in [0.4, 0.5) is 0 Å². The summed E-state index contributed by atoms with van der Waals surface area (Å²) in [5.74, 6) is 0.379. The van der Waals surface area contributed by atoms with Gasteiger partial charge >= 0.3 is 5.97 Å². The first kappa shape index (κ1) is 21.2. The molecular formula is C24H32N2O3. The van der Waals surface area contributed by atoms with Crippen molar-refractivity contribution in [3.05, 3.63) is 58.4 Å². The van der Waals surface area contributed by atoms with Gasteiger partial charge in [0.15, 0.2) is 0 Å². The molecule has 1 aromatic carbocycles. The molecule has 0 radical (unpaired) electrons. The zero-order chi connectivity index (χ0) is 20.8. The summed E-state index contributed by atoms with van der Waals surface area (Å²) in [6, 6.07) is 10.1. The third kappa shape index (κ3) is 5.28. The van der Waals surface area contributed by atoms with E-state index in [0.717, 1.165) is 35.4 Å². The predicted octanol–water partition coefficient (Wildman–Crippen LogP) is 4.92. The van der Waals surface area contributed by atoms with Crippen molar-refractivity contribution < 1.29 is 14.3 Å². The Morgan fingerprint density at radius 2 is 1.79 bits per heavy atom. The molecule has 1 aromatic heterocycles. The van der Waals surface area contributed by atoms with Gasteiger partial charge in [0.25, 0.3) is 0 Å². The summed E-state index contributed by atoms with van der Waals surface area (Å²) in [4.78, 5) is 30.7. The molecule has 1 fully saturated rings. The minimum atomic E-state index is -0.308. The van der Waals surface area contributed by atoms with Gasteiger partial charge in [0, 0.05) is 24.4 Å². The first-order valence-electron chi connectivity index (χ1n) is 10.7. The van der Waals surface area contributed by atoms with Crippen LogP contribution in [0, 0.1) is 19.8 Å². The van der Waals surface area contributed by atoms with Crippen LogP contribution in [0.25, 0.3) is 0 Å². The number of nitrogens with zero attached hydrogens (tertiary/aromatic N) is 1. The second kappa shape index (κ2) is 9.77. The third-order valence-electron chi connectivity index (χ3n) is 5.88. The number of carbonyl (C=O) groups excluding carboxylic acids is 2. The molecule has 5 nitrogen and oxygen atoms in total. The van der Waals surface area contributed by atoms with Gasteiger partial charge < -0.3 is 14.6 Å². The first-order chi connectivity index (χ1) is 14.0. The van der Waals surface area contributed by atoms with Gasteiger partial charge in [-0.1, -0.05) is 43.2 Å². The Morgan fingerprint density at radius 1 is 1.10 bits per heavy atom. The van der Waals surface area contributed by atoms with Gasteiger partial charge in [-0.15, -0.1) is 0 Å². The van der Waals surface area contributed by atoms with Gasteiger partial charge in [0.1, 0.15) is 0 Å². The van der Waals surface area contributed by atoms with Crippen LogP contribution < -0.4 is 0 Å². The second-order valence-electron chi connectivity index (χ2n) is 8.04. The van der Waals surface area contributed by atoms with Crippen LogP contribution in [0.2, 0.25) is 0 Å². The molecule has 1 heterocycles. The summed E-state index contributed by atoms with van der Waals surface area (Å²) in [7, 11) is 0. The van der Waals surface area contributed by atoms with E-state index in [9.17, 15) is 9.59 Å². The van der Waals surface area contributed by atoms with Crippen LogP contribution in [-0.2, 0) is 22.6 Å². The quantitative estimate of drug-likeness (QED) is 0.645. The zero-order valence-corrected chi connectivity index (χ0v) is 17.8. The molecule has 156 valence electrons. The molecule has 5 heteroatoms. The van der Waals surface area contributed by atoms with Crippen LogP contribution in [-0.4, -0.2) is 28.4 Å². The van der Waals surface area contributed by atoms with Crippen molar-refractivity contribution in [2.45, 2.75) is 66.0 Å². The van der Waals surface area contributed by atoms with Crippen molar-refractivity contribution in [2.24, 2.45) is 5.92 Å². The van der Waals surface area contributed by atoms with Crippen molar-refractivity contribution in [3.63, 3.8) is 0 Å². The molecule has 0 saturated heterocycles. The van der Waals surface area contributed by atoms with Crippen molar-refractivity contribution >= 4 is 11.9 Å². The highest BCUT2D eigenvalue weighted by Crippen LogP contribution is 2.29. The Balaban J connectivity index is 1.81. The average molecular weight is 397 g/mol. The van der Waals surface area contributed by atoms with Gasteiger partial charge in [0.2, 0.25) is 5.91 Å². The molecule has 0 bridgehead atoms. The van der Waals surface area contributed by atoms with E-state index in [1.54, 1.807) is 6.92 Å². The van der Waals surface area contributed by atoms with Crippen molar-refractivity contribution in [3.8, 4) is 0 Å². The molecule has 1 amide bonds. The van der Waals surface area contributed by atoms with Crippen LogP contribution >= 0.6 is 0 Å². The largest absolute Gasteiger partial charge is 0.462 e. The Morgan fingerprint density at radius 3 is 2.45 bits per heavy atom. The van der Waals surface area contributed by atoms with Gasteiger partial charge in [-0.2, -0.15) is 0 Å². The van der Waals surface area contributed by atoms with Crippen molar-refractivity contribution in [1.29, 1.82) is 0 Å². The fourth-order valence-corrected chi connectivity index (χ4v) is 4.30. The highest BCUT2D eigenvalue weighted by Gasteiger charge is 2.25. The molecule has 1 aliphatic carbocycles. The minimum absolute atomic E-state index is 0.185. The van der Waals surface area contributed by atoms with Gasteiger partial charge in [-0.05, 0) is 50.7 Å². The van der Waals surface area contributed by atoms with Crippen LogP contribution in [0.5, 0.6) is 0 Å².